The smallest absolute Gasteiger partial charge is 0.270 e. The number of aliphatic imine (C=N–C) groups is 1. The van der Waals surface area contributed by atoms with Crippen molar-refractivity contribution in [3.63, 3.8) is 0 Å². The molecular weight excluding hydrogens is 408 g/mol. The average molecular weight is 422 g/mol. The van der Waals surface area contributed by atoms with Crippen LogP contribution in [0.25, 0.3) is 16.3 Å². The van der Waals surface area contributed by atoms with E-state index in [0.717, 1.165) is 10.2 Å². The molecule has 0 radical (unpaired) electrons. The molecule has 0 unspecified atom stereocenters. The monoisotopic (exact) mass is 422 g/mol. The molecule has 1 aliphatic heterocycles. The Morgan fingerprint density at radius 3 is 2.83 bits per heavy atom. The molecule has 0 spiro atoms. The molecule has 0 atom stereocenters. The molecule has 4 rings (SSSR count). The maximum Gasteiger partial charge on any atom is 0.270 e. The van der Waals surface area contributed by atoms with Crippen molar-refractivity contribution in [1.82, 2.24) is 9.88 Å². The van der Waals surface area contributed by atoms with E-state index in [9.17, 15) is 14.9 Å². The number of rotatable bonds is 5. The van der Waals surface area contributed by atoms with Crippen LogP contribution in [0.5, 0.6) is 0 Å². The highest BCUT2D eigenvalue weighted by atomic mass is 32.2. The van der Waals surface area contributed by atoms with Crippen molar-refractivity contribution in [3.8, 4) is 0 Å². The number of fused-ring (bicyclic) bond motifs is 1. The number of carbonyl (C=O) groups excluding carboxylic acids is 1. The normalized spacial score (nSPS) is 16.8. The standard InChI is InChI=1S/C20H14N4O3S2/c1-2-10-23-18(25)17(12-13-6-5-7-14(11-13)24(26)27)29-20(23)22-19-21-15-8-3-4-9-16(15)28-19/h2-9,11-12H,1,10H2/b17-12-,22-20-. The Balaban J connectivity index is 1.69. The fourth-order valence-electron chi connectivity index (χ4n) is 2.75. The molecule has 3 aromatic rings. The Labute approximate surface area is 174 Å². The van der Waals surface area contributed by atoms with Gasteiger partial charge in [-0.05, 0) is 35.5 Å². The number of benzene rings is 2. The van der Waals surface area contributed by atoms with E-state index in [2.05, 4.69) is 16.6 Å². The Kier molecular flexibility index (Phi) is 5.24. The van der Waals surface area contributed by atoms with Gasteiger partial charge in [0.15, 0.2) is 5.17 Å². The van der Waals surface area contributed by atoms with Gasteiger partial charge < -0.3 is 0 Å². The van der Waals surface area contributed by atoms with Gasteiger partial charge in [-0.25, -0.2) is 4.98 Å². The quantitative estimate of drug-likeness (QED) is 0.250. The fraction of sp³-hybridized carbons (Fsp3) is 0.0500. The van der Waals surface area contributed by atoms with Crippen LogP contribution in [0, 0.1) is 10.1 Å². The zero-order valence-electron chi connectivity index (χ0n) is 15.0. The molecule has 1 aromatic heterocycles. The second kappa shape index (κ2) is 7.98. The highest BCUT2D eigenvalue weighted by Gasteiger charge is 2.33. The van der Waals surface area contributed by atoms with Gasteiger partial charge in [-0.1, -0.05) is 41.7 Å². The number of nitrogens with zero attached hydrogens (tertiary/aromatic N) is 4. The number of thioether (sulfide) groups is 1. The molecule has 2 heterocycles. The molecule has 1 fully saturated rings. The van der Waals surface area contributed by atoms with E-state index in [1.807, 2.05) is 24.3 Å². The molecule has 0 aliphatic carbocycles. The highest BCUT2D eigenvalue weighted by Crippen LogP contribution is 2.36. The molecule has 0 bridgehead atoms. The van der Waals surface area contributed by atoms with Crippen LogP contribution in [0.3, 0.4) is 0 Å². The van der Waals surface area contributed by atoms with E-state index in [4.69, 9.17) is 0 Å². The number of nitro benzene ring substituents is 1. The van der Waals surface area contributed by atoms with Crippen molar-refractivity contribution in [2.24, 2.45) is 4.99 Å². The van der Waals surface area contributed by atoms with Crippen molar-refractivity contribution >= 4 is 61.3 Å². The van der Waals surface area contributed by atoms with Gasteiger partial charge in [0.25, 0.3) is 11.6 Å². The largest absolute Gasteiger partial charge is 0.282 e. The number of carbonyl (C=O) groups is 1. The van der Waals surface area contributed by atoms with Crippen molar-refractivity contribution in [2.75, 3.05) is 6.54 Å². The number of amidine groups is 1. The van der Waals surface area contributed by atoms with Crippen LogP contribution in [0.1, 0.15) is 5.56 Å². The lowest BCUT2D eigenvalue weighted by Gasteiger charge is -2.11. The van der Waals surface area contributed by atoms with E-state index >= 15 is 0 Å². The number of amides is 1. The van der Waals surface area contributed by atoms with E-state index in [-0.39, 0.29) is 11.6 Å². The maximum atomic E-state index is 12.8. The minimum Gasteiger partial charge on any atom is -0.282 e. The van der Waals surface area contributed by atoms with Gasteiger partial charge in [-0.3, -0.25) is 19.8 Å². The molecule has 1 aliphatic rings. The van der Waals surface area contributed by atoms with Gasteiger partial charge in [-0.2, -0.15) is 4.99 Å². The number of hydrogen-bond acceptors (Lipinski definition) is 7. The fourth-order valence-corrected chi connectivity index (χ4v) is 4.64. The zero-order valence-corrected chi connectivity index (χ0v) is 16.7. The van der Waals surface area contributed by atoms with Crippen LogP contribution in [-0.4, -0.2) is 32.4 Å². The summed E-state index contributed by atoms with van der Waals surface area (Å²) in [4.78, 5) is 34.4. The van der Waals surface area contributed by atoms with Crippen LogP contribution in [0.15, 0.2) is 71.1 Å². The molecular formula is C20H14N4O3S2. The average Bonchev–Trinajstić information content (AvgIpc) is 3.24. The van der Waals surface area contributed by atoms with Gasteiger partial charge in [0.1, 0.15) is 0 Å². The highest BCUT2D eigenvalue weighted by molar-refractivity contribution is 8.18. The van der Waals surface area contributed by atoms with Gasteiger partial charge in [0, 0.05) is 18.7 Å². The number of thiazole rings is 1. The van der Waals surface area contributed by atoms with Gasteiger partial charge >= 0.3 is 0 Å². The van der Waals surface area contributed by atoms with Crippen molar-refractivity contribution in [3.05, 3.63) is 81.8 Å². The van der Waals surface area contributed by atoms with Crippen LogP contribution in [0.4, 0.5) is 10.8 Å². The van der Waals surface area contributed by atoms with E-state index in [0.29, 0.717) is 27.3 Å². The maximum absolute atomic E-state index is 12.8. The summed E-state index contributed by atoms with van der Waals surface area (Å²) in [7, 11) is 0. The third kappa shape index (κ3) is 3.96. The first-order chi connectivity index (χ1) is 14.0. The van der Waals surface area contributed by atoms with Crippen LogP contribution in [0.2, 0.25) is 0 Å². The minimum absolute atomic E-state index is 0.0268. The number of hydrogen-bond donors (Lipinski definition) is 0. The minimum atomic E-state index is -0.463. The third-order valence-electron chi connectivity index (χ3n) is 4.05. The first-order valence-corrected chi connectivity index (χ1v) is 10.2. The Hall–Kier alpha value is -3.30. The van der Waals surface area contributed by atoms with Gasteiger partial charge in [0.05, 0.1) is 20.0 Å². The zero-order chi connectivity index (χ0) is 20.4. The van der Waals surface area contributed by atoms with Gasteiger partial charge in [0.2, 0.25) is 5.13 Å². The molecule has 1 amide bonds. The first-order valence-electron chi connectivity index (χ1n) is 8.56. The molecule has 9 heteroatoms. The van der Waals surface area contributed by atoms with Crippen LogP contribution < -0.4 is 0 Å². The second-order valence-corrected chi connectivity index (χ2v) is 8.04. The summed E-state index contributed by atoms with van der Waals surface area (Å²) >= 11 is 2.66. The topological polar surface area (TPSA) is 88.7 Å². The lowest BCUT2D eigenvalue weighted by molar-refractivity contribution is -0.384. The lowest BCUT2D eigenvalue weighted by atomic mass is 10.2. The summed E-state index contributed by atoms with van der Waals surface area (Å²) in [6.45, 7) is 4.02. The first kappa shape index (κ1) is 19.0. The number of aromatic nitrogens is 1. The predicted octanol–water partition coefficient (Wildman–Crippen LogP) is 4.99. The molecule has 144 valence electrons. The Morgan fingerprint density at radius 2 is 2.07 bits per heavy atom. The van der Waals surface area contributed by atoms with Crippen molar-refractivity contribution < 1.29 is 9.72 Å². The van der Waals surface area contributed by atoms with Crippen molar-refractivity contribution in [1.29, 1.82) is 0 Å². The molecule has 1 saturated heterocycles. The van der Waals surface area contributed by atoms with Gasteiger partial charge in [-0.15, -0.1) is 6.58 Å². The van der Waals surface area contributed by atoms with E-state index in [1.54, 1.807) is 24.3 Å². The second-order valence-electron chi connectivity index (χ2n) is 6.03. The molecule has 29 heavy (non-hydrogen) atoms. The van der Waals surface area contributed by atoms with E-state index < -0.39 is 4.92 Å². The number of para-hydroxylation sites is 1. The summed E-state index contributed by atoms with van der Waals surface area (Å²) in [6, 6.07) is 13.9. The van der Waals surface area contributed by atoms with Crippen molar-refractivity contribution in [2.45, 2.75) is 0 Å². The summed E-state index contributed by atoms with van der Waals surface area (Å²) in [5, 5.41) is 12.1. The Bertz CT molecular complexity index is 1170. The van der Waals surface area contributed by atoms with E-state index in [1.165, 1.54) is 40.1 Å². The summed E-state index contributed by atoms with van der Waals surface area (Å²) in [6.07, 6.45) is 3.26. The lowest BCUT2D eigenvalue weighted by Crippen LogP contribution is -2.29. The summed E-state index contributed by atoms with van der Waals surface area (Å²) < 4.78 is 1.02. The molecule has 2 aromatic carbocycles. The molecule has 0 N–H and O–H groups in total. The number of non-ortho nitro benzene ring substituents is 1. The summed E-state index contributed by atoms with van der Waals surface area (Å²) in [5.74, 6) is -0.221. The molecule has 0 saturated carbocycles. The van der Waals surface area contributed by atoms with Crippen LogP contribution >= 0.6 is 23.1 Å². The SMILES string of the molecule is C=CCN1C(=O)/C(=C/c2cccc([N+](=O)[O-])c2)S/C1=N\c1nc2ccccc2s1. The third-order valence-corrected chi connectivity index (χ3v) is 5.99. The predicted molar refractivity (Wildman–Crippen MR) is 117 cm³/mol. The van der Waals surface area contributed by atoms with Crippen LogP contribution in [-0.2, 0) is 4.79 Å². The number of nitro groups is 1. The Morgan fingerprint density at radius 1 is 1.24 bits per heavy atom. The molecule has 7 nitrogen and oxygen atoms in total. The summed E-state index contributed by atoms with van der Waals surface area (Å²) in [5.41, 5.74) is 1.41.